The van der Waals surface area contributed by atoms with E-state index < -0.39 is 0 Å². The molecule has 4 heteroatoms. The van der Waals surface area contributed by atoms with E-state index in [0.717, 1.165) is 11.5 Å². The van der Waals surface area contributed by atoms with Gasteiger partial charge in [0.15, 0.2) is 0 Å². The first-order valence-electron chi connectivity index (χ1n) is 5.54. The smallest absolute Gasteiger partial charge is 0.0973 e. The molecule has 0 aliphatic heterocycles. The molecule has 0 aromatic carbocycles. The fraction of sp³-hybridized carbons (Fsp3) is 0.636. The summed E-state index contributed by atoms with van der Waals surface area (Å²) in [4.78, 5) is 4.41. The molecule has 0 radical (unpaired) electrons. The molecule has 2 N–H and O–H groups in total. The maximum absolute atomic E-state index is 5.95. The molecule has 4 nitrogen and oxygen atoms in total. The zero-order valence-corrected chi connectivity index (χ0v) is 9.19. The van der Waals surface area contributed by atoms with E-state index in [4.69, 9.17) is 5.73 Å². The van der Waals surface area contributed by atoms with Crippen LogP contribution in [-0.4, -0.2) is 15.6 Å². The molecule has 1 aliphatic carbocycles. The first kappa shape index (κ1) is 10.2. The van der Waals surface area contributed by atoms with Gasteiger partial charge in [0, 0.05) is 19.2 Å². The number of aryl methyl sites for hydroxylation is 1. The van der Waals surface area contributed by atoms with Crippen molar-refractivity contribution in [2.24, 2.45) is 23.7 Å². The largest absolute Gasteiger partial charge is 0.387 e. The summed E-state index contributed by atoms with van der Waals surface area (Å²) in [5.41, 5.74) is 6.93. The Kier molecular flexibility index (Phi) is 3.04. The molecule has 1 fully saturated rings. The summed E-state index contributed by atoms with van der Waals surface area (Å²) >= 11 is 0. The lowest BCUT2D eigenvalue weighted by Crippen LogP contribution is -2.21. The lowest BCUT2D eigenvalue weighted by Gasteiger charge is -2.07. The molecule has 0 spiro atoms. The fourth-order valence-electron chi connectivity index (χ4n) is 2.07. The van der Waals surface area contributed by atoms with Gasteiger partial charge in [-0.3, -0.25) is 9.67 Å². The standard InChI is InChI=1S/C11H18N4/c1-15-7-6-10(14-15)8-13-11(12)9-4-2-3-5-9/h6-7,9H,2-5,8H2,1H3,(H2,12,13). The number of aromatic nitrogens is 2. The monoisotopic (exact) mass is 206 g/mol. The number of hydrogen-bond acceptors (Lipinski definition) is 2. The lowest BCUT2D eigenvalue weighted by atomic mass is 10.1. The summed E-state index contributed by atoms with van der Waals surface area (Å²) < 4.78 is 1.79. The molecular weight excluding hydrogens is 188 g/mol. The number of amidine groups is 1. The molecule has 1 saturated carbocycles. The van der Waals surface area contributed by atoms with Gasteiger partial charge in [0.1, 0.15) is 0 Å². The highest BCUT2D eigenvalue weighted by Gasteiger charge is 2.18. The zero-order chi connectivity index (χ0) is 10.7. The number of nitrogens with two attached hydrogens (primary N) is 1. The Morgan fingerprint density at radius 1 is 1.60 bits per heavy atom. The van der Waals surface area contributed by atoms with E-state index in [2.05, 4.69) is 10.1 Å². The number of rotatable bonds is 3. The SMILES string of the molecule is Cn1ccc(CN=C(N)C2CCCC2)n1. The third-order valence-electron chi connectivity index (χ3n) is 2.97. The van der Waals surface area contributed by atoms with Crippen molar-refractivity contribution in [3.63, 3.8) is 0 Å². The summed E-state index contributed by atoms with van der Waals surface area (Å²) in [6, 6.07) is 1.98. The third-order valence-corrected chi connectivity index (χ3v) is 2.97. The second-order valence-electron chi connectivity index (χ2n) is 4.20. The molecule has 1 aromatic rings. The molecule has 1 heterocycles. The summed E-state index contributed by atoms with van der Waals surface area (Å²) in [7, 11) is 1.91. The molecule has 82 valence electrons. The Bertz CT molecular complexity index is 347. The van der Waals surface area contributed by atoms with Gasteiger partial charge < -0.3 is 5.73 Å². The van der Waals surface area contributed by atoms with Gasteiger partial charge in [-0.2, -0.15) is 5.10 Å². The van der Waals surface area contributed by atoms with Gasteiger partial charge >= 0.3 is 0 Å². The van der Waals surface area contributed by atoms with Crippen LogP contribution >= 0.6 is 0 Å². The summed E-state index contributed by atoms with van der Waals surface area (Å²) in [5.74, 6) is 1.34. The summed E-state index contributed by atoms with van der Waals surface area (Å²) in [5, 5.41) is 4.26. The Morgan fingerprint density at radius 2 is 2.33 bits per heavy atom. The van der Waals surface area contributed by atoms with Gasteiger partial charge in [-0.05, 0) is 18.9 Å². The van der Waals surface area contributed by atoms with Crippen LogP contribution in [-0.2, 0) is 13.6 Å². The van der Waals surface area contributed by atoms with Gasteiger partial charge in [-0.25, -0.2) is 0 Å². The van der Waals surface area contributed by atoms with E-state index >= 15 is 0 Å². The van der Waals surface area contributed by atoms with E-state index in [1.165, 1.54) is 25.7 Å². The van der Waals surface area contributed by atoms with Crippen LogP contribution in [0.2, 0.25) is 0 Å². The van der Waals surface area contributed by atoms with E-state index in [-0.39, 0.29) is 0 Å². The van der Waals surface area contributed by atoms with Crippen molar-refractivity contribution in [2.45, 2.75) is 32.2 Å². The molecule has 0 amide bonds. The number of hydrogen-bond donors (Lipinski definition) is 1. The van der Waals surface area contributed by atoms with Crippen LogP contribution in [0.4, 0.5) is 0 Å². The van der Waals surface area contributed by atoms with Gasteiger partial charge in [0.05, 0.1) is 18.1 Å². The molecular formula is C11H18N4. The summed E-state index contributed by atoms with van der Waals surface area (Å²) in [6.45, 7) is 0.614. The predicted molar refractivity (Wildman–Crippen MR) is 60.5 cm³/mol. The molecule has 15 heavy (non-hydrogen) atoms. The average Bonchev–Trinajstić information content (AvgIpc) is 2.84. The van der Waals surface area contributed by atoms with Crippen LogP contribution in [0.5, 0.6) is 0 Å². The van der Waals surface area contributed by atoms with Crippen LogP contribution in [0.25, 0.3) is 0 Å². The van der Waals surface area contributed by atoms with Gasteiger partial charge in [0.25, 0.3) is 0 Å². The van der Waals surface area contributed by atoms with Crippen molar-refractivity contribution in [3.8, 4) is 0 Å². The van der Waals surface area contributed by atoms with E-state index in [0.29, 0.717) is 12.5 Å². The topological polar surface area (TPSA) is 56.2 Å². The van der Waals surface area contributed by atoms with Gasteiger partial charge in [-0.1, -0.05) is 12.8 Å². The van der Waals surface area contributed by atoms with Crippen molar-refractivity contribution < 1.29 is 0 Å². The van der Waals surface area contributed by atoms with Crippen molar-refractivity contribution in [3.05, 3.63) is 18.0 Å². The molecule has 0 saturated heterocycles. The summed E-state index contributed by atoms with van der Waals surface area (Å²) in [6.07, 6.45) is 6.93. The lowest BCUT2D eigenvalue weighted by molar-refractivity contribution is 0.709. The first-order chi connectivity index (χ1) is 7.25. The molecule has 1 aliphatic rings. The highest BCUT2D eigenvalue weighted by molar-refractivity contribution is 5.83. The molecule has 0 bridgehead atoms. The first-order valence-corrected chi connectivity index (χ1v) is 5.54. The Balaban J connectivity index is 1.92. The van der Waals surface area contributed by atoms with E-state index in [1.807, 2.05) is 19.3 Å². The minimum Gasteiger partial charge on any atom is -0.387 e. The van der Waals surface area contributed by atoms with E-state index in [9.17, 15) is 0 Å². The Hall–Kier alpha value is -1.32. The highest BCUT2D eigenvalue weighted by atomic mass is 15.2. The van der Waals surface area contributed by atoms with Gasteiger partial charge in [-0.15, -0.1) is 0 Å². The van der Waals surface area contributed by atoms with Crippen LogP contribution < -0.4 is 5.73 Å². The fourth-order valence-corrected chi connectivity index (χ4v) is 2.07. The molecule has 2 rings (SSSR count). The van der Waals surface area contributed by atoms with Crippen LogP contribution in [0.1, 0.15) is 31.4 Å². The van der Waals surface area contributed by atoms with Crippen LogP contribution in [0.3, 0.4) is 0 Å². The number of aliphatic imine (C=N–C) groups is 1. The minimum atomic E-state index is 0.522. The number of nitrogens with zero attached hydrogens (tertiary/aromatic N) is 3. The van der Waals surface area contributed by atoms with Crippen molar-refractivity contribution in [1.29, 1.82) is 0 Å². The maximum Gasteiger partial charge on any atom is 0.0973 e. The second kappa shape index (κ2) is 4.47. The van der Waals surface area contributed by atoms with Crippen molar-refractivity contribution >= 4 is 5.84 Å². The molecule has 1 aromatic heterocycles. The molecule has 0 unspecified atom stereocenters. The second-order valence-corrected chi connectivity index (χ2v) is 4.20. The van der Waals surface area contributed by atoms with Crippen LogP contribution in [0.15, 0.2) is 17.3 Å². The third kappa shape index (κ3) is 2.58. The minimum absolute atomic E-state index is 0.522. The quantitative estimate of drug-likeness (QED) is 0.601. The molecule has 0 atom stereocenters. The zero-order valence-electron chi connectivity index (χ0n) is 9.19. The normalized spacial score (nSPS) is 18.6. The van der Waals surface area contributed by atoms with Crippen LogP contribution in [0, 0.1) is 5.92 Å². The Labute approximate surface area is 90.2 Å². The highest BCUT2D eigenvalue weighted by Crippen LogP contribution is 2.24. The Morgan fingerprint density at radius 3 is 2.93 bits per heavy atom. The average molecular weight is 206 g/mol. The van der Waals surface area contributed by atoms with Gasteiger partial charge in [0.2, 0.25) is 0 Å². The van der Waals surface area contributed by atoms with Crippen molar-refractivity contribution in [1.82, 2.24) is 9.78 Å². The maximum atomic E-state index is 5.95. The van der Waals surface area contributed by atoms with E-state index in [1.54, 1.807) is 4.68 Å². The van der Waals surface area contributed by atoms with Crippen molar-refractivity contribution in [2.75, 3.05) is 0 Å². The predicted octanol–water partition coefficient (Wildman–Crippen LogP) is 1.47.